The van der Waals surface area contributed by atoms with Crippen LogP contribution < -0.4 is 9.44 Å². The lowest BCUT2D eigenvalue weighted by Gasteiger charge is -2.19. The number of rotatable bonds is 5. The van der Waals surface area contributed by atoms with Gasteiger partial charge in [0.15, 0.2) is 0 Å². The average molecular weight is 351 g/mol. The molecule has 0 bridgehead atoms. The fourth-order valence-electron chi connectivity index (χ4n) is 1.65. The van der Waals surface area contributed by atoms with Gasteiger partial charge < -0.3 is 4.42 Å². The second-order valence-corrected chi connectivity index (χ2v) is 6.85. The molecule has 114 valence electrons. The summed E-state index contributed by atoms with van der Waals surface area (Å²) in [5, 5.41) is 4.98. The monoisotopic (exact) mass is 350 g/mol. The van der Waals surface area contributed by atoms with E-state index >= 15 is 0 Å². The number of sulfonamides is 1. The zero-order valence-corrected chi connectivity index (χ0v) is 12.9. The molecule has 1 heterocycles. The molecule has 2 aromatic rings. The highest BCUT2D eigenvalue weighted by Gasteiger charge is 2.19. The molecule has 21 heavy (non-hydrogen) atoms. The van der Waals surface area contributed by atoms with Gasteiger partial charge in [0.25, 0.3) is 11.3 Å². The highest BCUT2D eigenvalue weighted by atomic mass is 35.5. The van der Waals surface area contributed by atoms with E-state index in [0.717, 1.165) is 10.4 Å². The molecular weight excluding hydrogens is 340 g/mol. The van der Waals surface area contributed by atoms with Crippen LogP contribution in [0.4, 0.5) is 5.69 Å². The number of furan rings is 1. The molecule has 0 saturated carbocycles. The molecule has 0 aliphatic heterocycles. The molecule has 0 aliphatic carbocycles. The highest BCUT2D eigenvalue weighted by molar-refractivity contribution is 7.89. The van der Waals surface area contributed by atoms with Crippen LogP contribution in [0, 0.1) is 0 Å². The lowest BCUT2D eigenvalue weighted by atomic mass is 10.3. The molecule has 0 radical (unpaired) electrons. The Morgan fingerprint density at radius 1 is 1.38 bits per heavy atom. The van der Waals surface area contributed by atoms with Gasteiger partial charge in [0.2, 0.25) is 10.0 Å². The van der Waals surface area contributed by atoms with Gasteiger partial charge in [-0.3, -0.25) is 8.86 Å². The van der Waals surface area contributed by atoms with Crippen LogP contribution in [0.5, 0.6) is 0 Å². The molecule has 1 unspecified atom stereocenters. The minimum atomic E-state index is -4.04. The number of benzene rings is 1. The lowest BCUT2D eigenvalue weighted by molar-refractivity contribution is 0.505. The lowest BCUT2D eigenvalue weighted by Crippen LogP contribution is -2.25. The van der Waals surface area contributed by atoms with Crippen molar-refractivity contribution in [1.82, 2.24) is 0 Å². The first-order chi connectivity index (χ1) is 9.79. The van der Waals surface area contributed by atoms with Crippen molar-refractivity contribution in [2.45, 2.75) is 11.4 Å². The number of halogens is 1. The van der Waals surface area contributed by atoms with E-state index in [2.05, 4.69) is 0 Å². The summed E-state index contributed by atoms with van der Waals surface area (Å²) in [6.45, 7) is -0.0260. The van der Waals surface area contributed by atoms with E-state index in [-0.39, 0.29) is 22.2 Å². The fraction of sp³-hybridized carbons (Fsp3) is 0.0909. The van der Waals surface area contributed by atoms with Crippen LogP contribution in [0.15, 0.2) is 45.9 Å². The van der Waals surface area contributed by atoms with Crippen LogP contribution in [0.2, 0.25) is 5.02 Å². The number of nitrogens with zero attached hydrogens (tertiary/aromatic N) is 1. The molecule has 1 atom stereocenters. The smallest absolute Gasteiger partial charge is 0.262 e. The van der Waals surface area contributed by atoms with Gasteiger partial charge in [-0.1, -0.05) is 11.6 Å². The van der Waals surface area contributed by atoms with Crippen LogP contribution in [-0.2, 0) is 27.8 Å². The number of nitrogens with two attached hydrogens (primary N) is 1. The topological polar surface area (TPSA) is 114 Å². The van der Waals surface area contributed by atoms with Crippen LogP contribution in [0.1, 0.15) is 5.76 Å². The van der Waals surface area contributed by atoms with Crippen LogP contribution in [-0.4, -0.2) is 17.2 Å². The number of anilines is 1. The molecule has 0 saturated heterocycles. The molecule has 0 amide bonds. The summed E-state index contributed by atoms with van der Waals surface area (Å²) in [4.78, 5) is -0.323. The standard InChI is InChI=1S/C11H11ClN2O5S2/c12-10-4-3-8(6-11(10)21(13,17)18)14(20(15)16)7-9-2-1-5-19-9/h1-6H,7H2,(H,15,16)(H2,13,17,18). The zero-order valence-electron chi connectivity index (χ0n) is 10.5. The Morgan fingerprint density at radius 3 is 2.62 bits per heavy atom. The quantitative estimate of drug-likeness (QED) is 0.797. The Balaban J connectivity index is 2.44. The Kier molecular flexibility index (Phi) is 4.69. The Bertz CT molecular complexity index is 761. The molecule has 1 aromatic carbocycles. The van der Waals surface area contributed by atoms with Gasteiger partial charge in [0.05, 0.1) is 23.5 Å². The summed E-state index contributed by atoms with van der Waals surface area (Å²) in [6.07, 6.45) is 1.42. The predicted molar refractivity (Wildman–Crippen MR) is 78.5 cm³/mol. The fourth-order valence-corrected chi connectivity index (χ4v) is 3.24. The van der Waals surface area contributed by atoms with E-state index < -0.39 is 21.3 Å². The van der Waals surface area contributed by atoms with Gasteiger partial charge in [-0.15, -0.1) is 0 Å². The maximum atomic E-state index is 11.5. The van der Waals surface area contributed by atoms with Gasteiger partial charge in [0, 0.05) is 0 Å². The molecule has 1 aromatic heterocycles. The van der Waals surface area contributed by atoms with Gasteiger partial charge in [-0.2, -0.15) is 0 Å². The number of hydrogen-bond acceptors (Lipinski definition) is 4. The second kappa shape index (κ2) is 6.16. The second-order valence-electron chi connectivity index (χ2n) is 4.01. The summed E-state index contributed by atoms with van der Waals surface area (Å²) < 4.78 is 49.8. The maximum absolute atomic E-state index is 11.5. The third-order valence-corrected chi connectivity index (χ3v) is 4.69. The normalized spacial score (nSPS) is 13.1. The van der Waals surface area contributed by atoms with Crippen molar-refractivity contribution in [3.8, 4) is 0 Å². The first-order valence-corrected chi connectivity index (χ1v) is 8.51. The van der Waals surface area contributed by atoms with Crippen molar-refractivity contribution in [1.29, 1.82) is 0 Å². The molecule has 2 rings (SSSR count). The molecule has 0 fully saturated rings. The molecular formula is C11H11ClN2O5S2. The third kappa shape index (κ3) is 3.83. The Labute approximate surface area is 128 Å². The van der Waals surface area contributed by atoms with Crippen molar-refractivity contribution in [3.05, 3.63) is 47.4 Å². The molecule has 7 nitrogen and oxygen atoms in total. The van der Waals surface area contributed by atoms with E-state index in [4.69, 9.17) is 21.2 Å². The first kappa shape index (κ1) is 16.0. The van der Waals surface area contributed by atoms with Gasteiger partial charge >= 0.3 is 0 Å². The summed E-state index contributed by atoms with van der Waals surface area (Å²) in [7, 11) is -4.04. The number of hydrogen-bond donors (Lipinski definition) is 2. The van der Waals surface area contributed by atoms with Gasteiger partial charge in [-0.05, 0) is 30.3 Å². The van der Waals surface area contributed by atoms with Gasteiger partial charge in [-0.25, -0.2) is 17.8 Å². The minimum Gasteiger partial charge on any atom is -0.467 e. The van der Waals surface area contributed by atoms with Crippen molar-refractivity contribution >= 4 is 38.6 Å². The van der Waals surface area contributed by atoms with E-state index in [1.165, 1.54) is 18.4 Å². The summed E-state index contributed by atoms with van der Waals surface area (Å²) in [5.74, 6) is 0.435. The van der Waals surface area contributed by atoms with Crippen molar-refractivity contribution < 1.29 is 21.6 Å². The largest absolute Gasteiger partial charge is 0.467 e. The minimum absolute atomic E-state index is 0.0260. The summed E-state index contributed by atoms with van der Waals surface area (Å²) >= 11 is 3.39. The van der Waals surface area contributed by atoms with E-state index in [1.807, 2.05) is 0 Å². The summed E-state index contributed by atoms with van der Waals surface area (Å²) in [6, 6.07) is 7.09. The van der Waals surface area contributed by atoms with Crippen LogP contribution in [0.3, 0.4) is 0 Å². The van der Waals surface area contributed by atoms with Crippen molar-refractivity contribution in [2.24, 2.45) is 5.14 Å². The average Bonchev–Trinajstić information content (AvgIpc) is 2.88. The SMILES string of the molecule is NS(=O)(=O)c1cc(N(Cc2ccco2)S(=O)O)ccc1Cl. The van der Waals surface area contributed by atoms with Crippen molar-refractivity contribution in [3.63, 3.8) is 0 Å². The Morgan fingerprint density at radius 2 is 2.10 bits per heavy atom. The van der Waals surface area contributed by atoms with Gasteiger partial charge in [0.1, 0.15) is 10.7 Å². The molecule has 0 aliphatic rings. The highest BCUT2D eigenvalue weighted by Crippen LogP contribution is 2.27. The zero-order chi connectivity index (χ0) is 15.6. The van der Waals surface area contributed by atoms with E-state index in [9.17, 15) is 17.2 Å². The molecule has 10 heteroatoms. The third-order valence-electron chi connectivity index (χ3n) is 2.58. The number of primary sulfonamides is 1. The van der Waals surface area contributed by atoms with E-state index in [1.54, 1.807) is 12.1 Å². The van der Waals surface area contributed by atoms with Crippen LogP contribution >= 0.6 is 11.6 Å². The van der Waals surface area contributed by atoms with Crippen molar-refractivity contribution in [2.75, 3.05) is 4.31 Å². The Hall–Kier alpha value is -1.39. The predicted octanol–water partition coefficient (Wildman–Crippen LogP) is 1.72. The molecule has 0 spiro atoms. The summed E-state index contributed by atoms with van der Waals surface area (Å²) in [5.41, 5.74) is 0.167. The van der Waals surface area contributed by atoms with Crippen LogP contribution in [0.25, 0.3) is 0 Å². The van der Waals surface area contributed by atoms with E-state index in [0.29, 0.717) is 5.76 Å². The maximum Gasteiger partial charge on any atom is 0.262 e. The first-order valence-electron chi connectivity index (χ1n) is 5.52. The molecule has 3 N–H and O–H groups in total.